The fourth-order valence-corrected chi connectivity index (χ4v) is 4.34. The molecule has 0 aromatic heterocycles. The highest BCUT2D eigenvalue weighted by Crippen LogP contribution is 2.38. The minimum Gasteiger partial charge on any atom is -0.352 e. The number of carbonyl (C=O) groups is 2. The van der Waals surface area contributed by atoms with E-state index in [0.717, 1.165) is 35.7 Å². The number of hydrogen-bond donors (Lipinski definition) is 3. The number of fused-ring (bicyclic) bond motifs is 2. The van der Waals surface area contributed by atoms with Crippen LogP contribution >= 0.6 is 24.2 Å². The predicted octanol–water partition coefficient (Wildman–Crippen LogP) is 3.55. The van der Waals surface area contributed by atoms with E-state index in [9.17, 15) is 9.59 Å². The fourth-order valence-electron chi connectivity index (χ4n) is 3.33. The summed E-state index contributed by atoms with van der Waals surface area (Å²) in [4.78, 5) is 26.8. The number of piperidine rings is 1. The first-order valence-corrected chi connectivity index (χ1v) is 9.73. The number of hydrogen-bond acceptors (Lipinski definition) is 4. The van der Waals surface area contributed by atoms with Crippen LogP contribution in [0.25, 0.3) is 0 Å². The van der Waals surface area contributed by atoms with Crippen molar-refractivity contribution in [3.05, 3.63) is 53.6 Å². The Hall–Kier alpha value is -2.02. The molecule has 2 aliphatic heterocycles. The number of nitrogens with one attached hydrogen (secondary N) is 3. The number of amides is 2. The summed E-state index contributed by atoms with van der Waals surface area (Å²) >= 11 is 1.54. The van der Waals surface area contributed by atoms with Gasteiger partial charge in [-0.05, 0) is 62.2 Å². The standard InChI is InChI=1S/C20H21N3O2S.ClH/c24-19(22-12-13-7-9-21-10-8-13)14-5-6-18-16(11-14)23-20(25)15-3-1-2-4-17(15)26-18;/h1-6,11,13,21H,7-10,12H2,(H,22,24)(H,23,25);1H. The van der Waals surface area contributed by atoms with Crippen molar-refractivity contribution in [2.45, 2.75) is 22.6 Å². The second kappa shape index (κ2) is 8.78. The third-order valence-electron chi connectivity index (χ3n) is 4.85. The summed E-state index contributed by atoms with van der Waals surface area (Å²) in [6, 6.07) is 13.0. The number of carbonyl (C=O) groups excluding carboxylic acids is 2. The van der Waals surface area contributed by atoms with Crippen LogP contribution in [0.5, 0.6) is 0 Å². The van der Waals surface area contributed by atoms with Gasteiger partial charge in [-0.15, -0.1) is 12.4 Å². The van der Waals surface area contributed by atoms with Crippen LogP contribution in [-0.2, 0) is 0 Å². The van der Waals surface area contributed by atoms with E-state index in [4.69, 9.17) is 0 Å². The Morgan fingerprint density at radius 2 is 1.89 bits per heavy atom. The summed E-state index contributed by atoms with van der Waals surface area (Å²) in [6.45, 7) is 2.73. The molecule has 0 saturated carbocycles. The summed E-state index contributed by atoms with van der Waals surface area (Å²) < 4.78 is 0. The first-order chi connectivity index (χ1) is 12.7. The molecule has 2 aliphatic rings. The Morgan fingerprint density at radius 3 is 2.70 bits per heavy atom. The van der Waals surface area contributed by atoms with Crippen molar-refractivity contribution in [3.63, 3.8) is 0 Å². The van der Waals surface area contributed by atoms with Gasteiger partial charge >= 0.3 is 0 Å². The molecule has 0 radical (unpaired) electrons. The molecule has 4 rings (SSSR count). The zero-order valence-electron chi connectivity index (χ0n) is 14.8. The van der Waals surface area contributed by atoms with Crippen molar-refractivity contribution >= 4 is 41.7 Å². The first-order valence-electron chi connectivity index (χ1n) is 8.92. The van der Waals surface area contributed by atoms with Gasteiger partial charge in [0.25, 0.3) is 11.8 Å². The molecule has 2 aromatic rings. The van der Waals surface area contributed by atoms with Gasteiger partial charge in [0.15, 0.2) is 0 Å². The lowest BCUT2D eigenvalue weighted by Crippen LogP contribution is -2.36. The molecule has 2 heterocycles. The van der Waals surface area contributed by atoms with Crippen molar-refractivity contribution in [1.29, 1.82) is 0 Å². The maximum Gasteiger partial charge on any atom is 0.256 e. The van der Waals surface area contributed by atoms with Crippen LogP contribution in [0.3, 0.4) is 0 Å². The molecule has 7 heteroatoms. The van der Waals surface area contributed by atoms with Crippen molar-refractivity contribution in [1.82, 2.24) is 10.6 Å². The van der Waals surface area contributed by atoms with E-state index in [0.29, 0.717) is 29.3 Å². The molecule has 0 spiro atoms. The summed E-state index contributed by atoms with van der Waals surface area (Å²) in [5, 5.41) is 9.30. The van der Waals surface area contributed by atoms with Crippen LogP contribution in [-0.4, -0.2) is 31.4 Å². The Balaban J connectivity index is 0.00000210. The summed E-state index contributed by atoms with van der Waals surface area (Å²) in [6.07, 6.45) is 2.19. The molecule has 2 aromatic carbocycles. The van der Waals surface area contributed by atoms with Gasteiger partial charge in [0.1, 0.15) is 0 Å². The molecule has 0 aliphatic carbocycles. The van der Waals surface area contributed by atoms with Gasteiger partial charge < -0.3 is 16.0 Å². The maximum atomic E-state index is 12.5. The van der Waals surface area contributed by atoms with Gasteiger partial charge in [0, 0.05) is 21.9 Å². The molecule has 0 unspecified atom stereocenters. The van der Waals surface area contributed by atoms with E-state index < -0.39 is 0 Å². The molecular weight excluding hydrogens is 382 g/mol. The zero-order chi connectivity index (χ0) is 17.9. The third-order valence-corrected chi connectivity index (χ3v) is 6.00. The van der Waals surface area contributed by atoms with E-state index in [1.165, 1.54) is 0 Å². The molecule has 1 fully saturated rings. The SMILES string of the molecule is Cl.O=C(NCC1CCNCC1)c1ccc2c(c1)NC(=O)c1ccccc1S2. The average molecular weight is 404 g/mol. The average Bonchev–Trinajstić information content (AvgIpc) is 2.82. The lowest BCUT2D eigenvalue weighted by molar-refractivity contribution is 0.0943. The lowest BCUT2D eigenvalue weighted by atomic mass is 9.98. The van der Waals surface area contributed by atoms with Gasteiger partial charge in [-0.2, -0.15) is 0 Å². The molecule has 5 nitrogen and oxygen atoms in total. The van der Waals surface area contributed by atoms with Crippen LogP contribution in [0.2, 0.25) is 0 Å². The fraction of sp³-hybridized carbons (Fsp3) is 0.300. The van der Waals surface area contributed by atoms with E-state index in [1.54, 1.807) is 17.8 Å². The zero-order valence-corrected chi connectivity index (χ0v) is 16.4. The second-order valence-corrected chi connectivity index (χ2v) is 7.75. The molecule has 27 heavy (non-hydrogen) atoms. The highest BCUT2D eigenvalue weighted by Gasteiger charge is 2.21. The van der Waals surface area contributed by atoms with E-state index in [2.05, 4.69) is 16.0 Å². The Bertz CT molecular complexity index is 853. The summed E-state index contributed by atoms with van der Waals surface area (Å²) in [5.41, 5.74) is 1.92. The van der Waals surface area contributed by atoms with Crippen LogP contribution in [0.15, 0.2) is 52.3 Å². The van der Waals surface area contributed by atoms with Gasteiger partial charge in [-0.1, -0.05) is 23.9 Å². The highest BCUT2D eigenvalue weighted by atomic mass is 35.5. The first kappa shape index (κ1) is 19.7. The van der Waals surface area contributed by atoms with Crippen LogP contribution in [0, 0.1) is 5.92 Å². The van der Waals surface area contributed by atoms with Gasteiger partial charge in [0.05, 0.1) is 11.3 Å². The van der Waals surface area contributed by atoms with Gasteiger partial charge in [0.2, 0.25) is 0 Å². The minimum absolute atomic E-state index is 0. The van der Waals surface area contributed by atoms with Crippen LogP contribution in [0.1, 0.15) is 33.6 Å². The maximum absolute atomic E-state index is 12.5. The van der Waals surface area contributed by atoms with E-state index >= 15 is 0 Å². The largest absolute Gasteiger partial charge is 0.352 e. The quantitative estimate of drug-likeness (QED) is 0.732. The molecule has 1 saturated heterocycles. The van der Waals surface area contributed by atoms with Crippen LogP contribution in [0.4, 0.5) is 5.69 Å². The molecule has 3 N–H and O–H groups in total. The lowest BCUT2D eigenvalue weighted by Gasteiger charge is -2.22. The number of benzene rings is 2. The third kappa shape index (κ3) is 4.46. The van der Waals surface area contributed by atoms with Crippen molar-refractivity contribution < 1.29 is 9.59 Å². The molecule has 0 atom stereocenters. The Morgan fingerprint density at radius 1 is 1.11 bits per heavy atom. The number of halogens is 1. The molecule has 0 bridgehead atoms. The van der Waals surface area contributed by atoms with E-state index in [-0.39, 0.29) is 24.2 Å². The molecule has 142 valence electrons. The Labute approximate surface area is 169 Å². The van der Waals surface area contributed by atoms with Gasteiger partial charge in [-0.25, -0.2) is 0 Å². The highest BCUT2D eigenvalue weighted by molar-refractivity contribution is 7.99. The van der Waals surface area contributed by atoms with Crippen molar-refractivity contribution in [2.75, 3.05) is 25.0 Å². The summed E-state index contributed by atoms with van der Waals surface area (Å²) in [7, 11) is 0. The van der Waals surface area contributed by atoms with Crippen molar-refractivity contribution in [2.24, 2.45) is 5.92 Å². The Kier molecular flexibility index (Phi) is 6.42. The van der Waals surface area contributed by atoms with Crippen molar-refractivity contribution in [3.8, 4) is 0 Å². The van der Waals surface area contributed by atoms with Crippen LogP contribution < -0.4 is 16.0 Å². The predicted molar refractivity (Wildman–Crippen MR) is 110 cm³/mol. The van der Waals surface area contributed by atoms with Gasteiger partial charge in [-0.3, -0.25) is 9.59 Å². The van der Waals surface area contributed by atoms with E-state index in [1.807, 2.05) is 36.4 Å². The molecule has 2 amide bonds. The summed E-state index contributed by atoms with van der Waals surface area (Å²) in [5.74, 6) is 0.303. The number of anilines is 1. The smallest absolute Gasteiger partial charge is 0.256 e. The molecular formula is C20H22ClN3O2S. The second-order valence-electron chi connectivity index (χ2n) is 6.67. The minimum atomic E-state index is -0.140. The topological polar surface area (TPSA) is 70.2 Å². The normalized spacial score (nSPS) is 16.2. The number of rotatable bonds is 3. The monoisotopic (exact) mass is 403 g/mol.